The summed E-state index contributed by atoms with van der Waals surface area (Å²) in [6.45, 7) is 1.89. The normalized spacial score (nSPS) is 15.6. The molecule has 17 heavy (non-hydrogen) atoms. The Bertz CT molecular complexity index is 514. The predicted molar refractivity (Wildman–Crippen MR) is 66.5 cm³/mol. The first-order chi connectivity index (χ1) is 8.38. The third kappa shape index (κ3) is 2.21. The monoisotopic (exact) mass is 231 g/mol. The maximum absolute atomic E-state index is 5.79. The van der Waals surface area contributed by atoms with Crippen molar-refractivity contribution >= 4 is 11.0 Å². The summed E-state index contributed by atoms with van der Waals surface area (Å²) in [6.07, 6.45) is 2.62. The molecular formula is C14H17NO2. The molecule has 0 atom stereocenters. The van der Waals surface area contributed by atoms with Crippen molar-refractivity contribution in [1.29, 1.82) is 0 Å². The Morgan fingerprint density at radius 2 is 2.12 bits per heavy atom. The second-order valence-corrected chi connectivity index (χ2v) is 4.66. The van der Waals surface area contributed by atoms with Crippen LogP contribution in [0.5, 0.6) is 0 Å². The third-order valence-corrected chi connectivity index (χ3v) is 3.27. The van der Waals surface area contributed by atoms with Crippen LogP contribution >= 0.6 is 0 Å². The van der Waals surface area contributed by atoms with Crippen LogP contribution in [-0.4, -0.2) is 6.61 Å². The molecule has 1 aliphatic rings. The van der Waals surface area contributed by atoms with Gasteiger partial charge in [0.1, 0.15) is 18.0 Å². The minimum absolute atomic E-state index is 0.499. The zero-order chi connectivity index (χ0) is 11.7. The number of hydrogen-bond acceptors (Lipinski definition) is 3. The molecule has 90 valence electrons. The molecule has 1 heterocycles. The Kier molecular flexibility index (Phi) is 2.87. The number of hydrogen-bond donors (Lipinski definition) is 1. The molecule has 3 rings (SSSR count). The Labute approximate surface area is 101 Å². The van der Waals surface area contributed by atoms with Gasteiger partial charge in [-0.2, -0.15) is 0 Å². The van der Waals surface area contributed by atoms with Crippen LogP contribution < -0.4 is 5.73 Å². The van der Waals surface area contributed by atoms with Crippen LogP contribution in [0.3, 0.4) is 0 Å². The van der Waals surface area contributed by atoms with Crippen molar-refractivity contribution in [2.45, 2.75) is 26.0 Å². The van der Waals surface area contributed by atoms with Gasteiger partial charge in [-0.15, -0.1) is 0 Å². The molecule has 1 aromatic heterocycles. The van der Waals surface area contributed by atoms with Crippen LogP contribution in [-0.2, 0) is 17.9 Å². The highest BCUT2D eigenvalue weighted by atomic mass is 16.5. The van der Waals surface area contributed by atoms with Crippen molar-refractivity contribution in [1.82, 2.24) is 0 Å². The van der Waals surface area contributed by atoms with Crippen molar-refractivity contribution in [3.63, 3.8) is 0 Å². The number of rotatable bonds is 5. The minimum Gasteiger partial charge on any atom is -0.458 e. The van der Waals surface area contributed by atoms with Gasteiger partial charge in [-0.25, -0.2) is 0 Å². The first-order valence-corrected chi connectivity index (χ1v) is 6.15. The van der Waals surface area contributed by atoms with Gasteiger partial charge in [-0.1, -0.05) is 18.2 Å². The van der Waals surface area contributed by atoms with Crippen LogP contribution in [0, 0.1) is 5.92 Å². The molecule has 3 heteroatoms. The van der Waals surface area contributed by atoms with Gasteiger partial charge in [-0.05, 0) is 24.8 Å². The molecule has 1 aliphatic carbocycles. The van der Waals surface area contributed by atoms with Crippen LogP contribution in [0.2, 0.25) is 0 Å². The topological polar surface area (TPSA) is 48.4 Å². The van der Waals surface area contributed by atoms with Crippen molar-refractivity contribution in [2.75, 3.05) is 6.61 Å². The predicted octanol–water partition coefficient (Wildman–Crippen LogP) is 2.82. The van der Waals surface area contributed by atoms with Gasteiger partial charge in [-0.3, -0.25) is 0 Å². The molecule has 0 unspecified atom stereocenters. The molecule has 2 N–H and O–H groups in total. The lowest BCUT2D eigenvalue weighted by atomic mass is 10.1. The van der Waals surface area contributed by atoms with Gasteiger partial charge < -0.3 is 14.9 Å². The number of para-hydroxylation sites is 1. The quantitative estimate of drug-likeness (QED) is 0.860. The van der Waals surface area contributed by atoms with Gasteiger partial charge in [0.15, 0.2) is 0 Å². The molecule has 1 aromatic carbocycles. The van der Waals surface area contributed by atoms with E-state index in [0.717, 1.165) is 34.8 Å². The molecule has 1 fully saturated rings. The Morgan fingerprint density at radius 1 is 1.29 bits per heavy atom. The smallest absolute Gasteiger partial charge is 0.135 e. The molecule has 0 saturated heterocycles. The summed E-state index contributed by atoms with van der Waals surface area (Å²) in [5, 5.41) is 1.11. The van der Waals surface area contributed by atoms with Crippen LogP contribution in [0.4, 0.5) is 0 Å². The third-order valence-electron chi connectivity index (χ3n) is 3.27. The summed E-state index contributed by atoms with van der Waals surface area (Å²) < 4.78 is 11.5. The van der Waals surface area contributed by atoms with Gasteiger partial charge in [0.2, 0.25) is 0 Å². The van der Waals surface area contributed by atoms with Crippen molar-refractivity contribution in [3.05, 3.63) is 35.6 Å². The summed E-state index contributed by atoms with van der Waals surface area (Å²) in [7, 11) is 0. The molecule has 0 amide bonds. The van der Waals surface area contributed by atoms with E-state index in [2.05, 4.69) is 0 Å². The molecule has 1 saturated carbocycles. The number of nitrogens with two attached hydrogens (primary N) is 1. The Balaban J connectivity index is 1.81. The highest BCUT2D eigenvalue weighted by Crippen LogP contribution is 2.30. The van der Waals surface area contributed by atoms with Gasteiger partial charge in [0.05, 0.1) is 0 Å². The van der Waals surface area contributed by atoms with Gasteiger partial charge in [0, 0.05) is 24.1 Å². The van der Waals surface area contributed by atoms with Crippen LogP contribution in [0.25, 0.3) is 11.0 Å². The van der Waals surface area contributed by atoms with Crippen molar-refractivity contribution in [3.8, 4) is 0 Å². The first-order valence-electron chi connectivity index (χ1n) is 6.15. The fourth-order valence-corrected chi connectivity index (χ4v) is 2.09. The molecule has 0 bridgehead atoms. The standard InChI is InChI=1S/C14H17NO2/c15-7-12-11-3-1-2-4-13(11)17-14(12)9-16-8-10-5-6-10/h1-4,10H,5-9,15H2. The number of furan rings is 1. The highest BCUT2D eigenvalue weighted by Gasteiger charge is 2.21. The summed E-state index contributed by atoms with van der Waals surface area (Å²) in [4.78, 5) is 0. The van der Waals surface area contributed by atoms with E-state index in [-0.39, 0.29) is 0 Å². The largest absolute Gasteiger partial charge is 0.458 e. The zero-order valence-electron chi connectivity index (χ0n) is 9.82. The van der Waals surface area contributed by atoms with Crippen molar-refractivity contribution in [2.24, 2.45) is 11.7 Å². The van der Waals surface area contributed by atoms with E-state index >= 15 is 0 Å². The lowest BCUT2D eigenvalue weighted by Gasteiger charge is -2.02. The average Bonchev–Trinajstić information content (AvgIpc) is 3.09. The van der Waals surface area contributed by atoms with Gasteiger partial charge in [0.25, 0.3) is 0 Å². The van der Waals surface area contributed by atoms with Gasteiger partial charge >= 0.3 is 0 Å². The highest BCUT2D eigenvalue weighted by molar-refractivity contribution is 5.82. The molecule has 0 spiro atoms. The fraction of sp³-hybridized carbons (Fsp3) is 0.429. The average molecular weight is 231 g/mol. The second-order valence-electron chi connectivity index (χ2n) is 4.66. The summed E-state index contributed by atoms with van der Waals surface area (Å²) in [5.74, 6) is 1.66. The lowest BCUT2D eigenvalue weighted by molar-refractivity contribution is 0.0977. The summed E-state index contributed by atoms with van der Waals surface area (Å²) in [6, 6.07) is 8.00. The van der Waals surface area contributed by atoms with E-state index in [9.17, 15) is 0 Å². The van der Waals surface area contributed by atoms with E-state index in [4.69, 9.17) is 14.9 Å². The van der Waals surface area contributed by atoms with E-state index in [1.807, 2.05) is 24.3 Å². The maximum Gasteiger partial charge on any atom is 0.135 e. The Hall–Kier alpha value is -1.32. The van der Waals surface area contributed by atoms with Crippen LogP contribution in [0.1, 0.15) is 24.2 Å². The van der Waals surface area contributed by atoms with E-state index in [1.165, 1.54) is 12.8 Å². The minimum atomic E-state index is 0.499. The van der Waals surface area contributed by atoms with E-state index < -0.39 is 0 Å². The number of fused-ring (bicyclic) bond motifs is 1. The maximum atomic E-state index is 5.79. The number of ether oxygens (including phenoxy) is 1. The van der Waals surface area contributed by atoms with Crippen molar-refractivity contribution < 1.29 is 9.15 Å². The van der Waals surface area contributed by atoms with E-state index in [1.54, 1.807) is 0 Å². The number of benzene rings is 1. The Morgan fingerprint density at radius 3 is 2.88 bits per heavy atom. The fourth-order valence-electron chi connectivity index (χ4n) is 2.09. The molecular weight excluding hydrogens is 214 g/mol. The SMILES string of the molecule is NCc1c(COCC2CC2)oc2ccccc12. The lowest BCUT2D eigenvalue weighted by Crippen LogP contribution is -2.02. The van der Waals surface area contributed by atoms with E-state index in [0.29, 0.717) is 13.2 Å². The summed E-state index contributed by atoms with van der Waals surface area (Å²) >= 11 is 0. The van der Waals surface area contributed by atoms with Crippen LogP contribution in [0.15, 0.2) is 28.7 Å². The second kappa shape index (κ2) is 4.51. The molecule has 0 aliphatic heterocycles. The first kappa shape index (κ1) is 10.8. The molecule has 3 nitrogen and oxygen atoms in total. The molecule has 2 aromatic rings. The summed E-state index contributed by atoms with van der Waals surface area (Å²) in [5.41, 5.74) is 7.77. The zero-order valence-corrected chi connectivity index (χ0v) is 9.82. The molecule has 0 radical (unpaired) electrons.